The lowest BCUT2D eigenvalue weighted by Crippen LogP contribution is -2.40. The summed E-state index contributed by atoms with van der Waals surface area (Å²) in [6.07, 6.45) is 8.72. The normalized spacial score (nSPS) is 14.6. The fourth-order valence-corrected chi connectivity index (χ4v) is 3.44. The van der Waals surface area contributed by atoms with E-state index in [2.05, 4.69) is 15.7 Å². The van der Waals surface area contributed by atoms with Gasteiger partial charge in [0.2, 0.25) is 5.91 Å². The van der Waals surface area contributed by atoms with Crippen LogP contribution in [-0.2, 0) is 17.9 Å². The molecule has 0 spiro atoms. The van der Waals surface area contributed by atoms with Gasteiger partial charge >= 0.3 is 0 Å². The summed E-state index contributed by atoms with van der Waals surface area (Å²) < 4.78 is 3.04. The van der Waals surface area contributed by atoms with Crippen molar-refractivity contribution in [3.8, 4) is 0 Å². The summed E-state index contributed by atoms with van der Waals surface area (Å²) in [7, 11) is 0. The molecule has 2 N–H and O–H groups in total. The molecule has 0 bridgehead atoms. The van der Waals surface area contributed by atoms with Crippen molar-refractivity contribution in [2.45, 2.75) is 58.2 Å². The van der Waals surface area contributed by atoms with Gasteiger partial charge in [-0.25, -0.2) is 0 Å². The highest BCUT2D eigenvalue weighted by molar-refractivity contribution is 5.93. The lowest BCUT2D eigenvalue weighted by atomic mass is 9.95. The van der Waals surface area contributed by atoms with Crippen LogP contribution in [0.25, 0.3) is 0 Å². The zero-order chi connectivity index (χ0) is 19.9. The second-order valence-corrected chi connectivity index (χ2v) is 7.26. The maximum Gasteiger partial charge on any atom is 0.252 e. The van der Waals surface area contributed by atoms with E-state index in [-0.39, 0.29) is 30.0 Å². The van der Waals surface area contributed by atoms with E-state index in [0.717, 1.165) is 31.4 Å². The Morgan fingerprint density at radius 1 is 1.18 bits per heavy atom. The molecule has 0 aromatic carbocycles. The largest absolute Gasteiger partial charge is 0.352 e. The molecule has 0 radical (unpaired) electrons. The van der Waals surface area contributed by atoms with Crippen LogP contribution in [0.1, 0.15) is 48.2 Å². The smallest absolute Gasteiger partial charge is 0.252 e. The highest BCUT2D eigenvalue weighted by atomic mass is 16.2. The third-order valence-corrected chi connectivity index (χ3v) is 4.93. The Labute approximate surface area is 163 Å². The van der Waals surface area contributed by atoms with E-state index in [0.29, 0.717) is 18.7 Å². The van der Waals surface area contributed by atoms with Crippen molar-refractivity contribution in [1.29, 1.82) is 0 Å². The third-order valence-electron chi connectivity index (χ3n) is 4.93. The van der Waals surface area contributed by atoms with Gasteiger partial charge in [0.1, 0.15) is 6.54 Å². The summed E-state index contributed by atoms with van der Waals surface area (Å²) in [5.41, 5.74) is 0.967. The topological polar surface area (TPSA) is 98.0 Å². The van der Waals surface area contributed by atoms with E-state index in [1.165, 1.54) is 29.3 Å². The van der Waals surface area contributed by atoms with Crippen LogP contribution in [0, 0.1) is 6.92 Å². The lowest BCUT2D eigenvalue weighted by Gasteiger charge is -2.22. The Bertz CT molecular complexity index is 880. The van der Waals surface area contributed by atoms with Crippen molar-refractivity contribution in [2.75, 3.05) is 6.54 Å². The van der Waals surface area contributed by atoms with Crippen molar-refractivity contribution >= 4 is 11.8 Å². The molecule has 1 aliphatic carbocycles. The van der Waals surface area contributed by atoms with Gasteiger partial charge in [-0.15, -0.1) is 0 Å². The summed E-state index contributed by atoms with van der Waals surface area (Å²) in [6.45, 7) is 2.80. The summed E-state index contributed by atoms with van der Waals surface area (Å²) in [5, 5.41) is 10.1. The molecule has 0 unspecified atom stereocenters. The van der Waals surface area contributed by atoms with Crippen LogP contribution in [-0.4, -0.2) is 38.7 Å². The first-order valence-corrected chi connectivity index (χ1v) is 9.79. The summed E-state index contributed by atoms with van der Waals surface area (Å²) in [6, 6.07) is 4.88. The molecule has 28 heavy (non-hydrogen) atoms. The number of nitrogens with zero attached hydrogens (tertiary/aromatic N) is 3. The molecule has 2 aromatic rings. The molecule has 0 saturated heterocycles. The molecule has 3 rings (SSSR count). The van der Waals surface area contributed by atoms with E-state index < -0.39 is 0 Å². The van der Waals surface area contributed by atoms with Gasteiger partial charge in [-0.05, 0) is 31.9 Å². The maximum absolute atomic E-state index is 12.3. The van der Waals surface area contributed by atoms with Gasteiger partial charge in [-0.1, -0.05) is 19.3 Å². The number of hydrogen-bond donors (Lipinski definition) is 2. The van der Waals surface area contributed by atoms with E-state index in [9.17, 15) is 14.4 Å². The number of amides is 2. The molecule has 8 heteroatoms. The second-order valence-electron chi connectivity index (χ2n) is 7.26. The van der Waals surface area contributed by atoms with Crippen molar-refractivity contribution in [3.63, 3.8) is 0 Å². The van der Waals surface area contributed by atoms with Crippen molar-refractivity contribution < 1.29 is 9.59 Å². The molecule has 150 valence electrons. The van der Waals surface area contributed by atoms with Crippen LogP contribution in [0.4, 0.5) is 0 Å². The molecule has 1 saturated carbocycles. The standard InChI is InChI=1S/C20H27N5O3/c1-15-9-11-25(23-15)12-10-21-20(28)16-7-8-19(27)24(13-16)14-18(26)22-17-5-3-2-4-6-17/h7-9,11,13,17H,2-6,10,12,14H2,1H3,(H,21,28)(H,22,26). The molecule has 1 fully saturated rings. The average Bonchev–Trinajstić information content (AvgIpc) is 3.09. The molecule has 0 aliphatic heterocycles. The third kappa shape index (κ3) is 5.55. The quantitative estimate of drug-likeness (QED) is 0.749. The van der Waals surface area contributed by atoms with Crippen LogP contribution < -0.4 is 16.2 Å². The molecule has 0 atom stereocenters. The minimum Gasteiger partial charge on any atom is -0.352 e. The van der Waals surface area contributed by atoms with E-state index in [4.69, 9.17) is 0 Å². The maximum atomic E-state index is 12.3. The first-order chi connectivity index (χ1) is 13.5. The van der Waals surface area contributed by atoms with Gasteiger partial charge in [-0.3, -0.25) is 19.1 Å². The van der Waals surface area contributed by atoms with Gasteiger partial charge in [-0.2, -0.15) is 5.10 Å². The number of aromatic nitrogens is 3. The Hall–Kier alpha value is -2.90. The predicted octanol–water partition coefficient (Wildman–Crippen LogP) is 1.23. The van der Waals surface area contributed by atoms with Crippen LogP contribution >= 0.6 is 0 Å². The van der Waals surface area contributed by atoms with Crippen molar-refractivity contribution in [1.82, 2.24) is 25.0 Å². The zero-order valence-electron chi connectivity index (χ0n) is 16.2. The number of carbonyl (C=O) groups excluding carboxylic acids is 2. The monoisotopic (exact) mass is 385 g/mol. The Morgan fingerprint density at radius 3 is 2.68 bits per heavy atom. The van der Waals surface area contributed by atoms with E-state index >= 15 is 0 Å². The molecule has 2 amide bonds. The highest BCUT2D eigenvalue weighted by Crippen LogP contribution is 2.17. The lowest BCUT2D eigenvalue weighted by molar-refractivity contribution is -0.122. The van der Waals surface area contributed by atoms with Gasteiger partial charge in [0, 0.05) is 31.0 Å². The second kappa shape index (κ2) is 9.34. The molecule has 8 nitrogen and oxygen atoms in total. The van der Waals surface area contributed by atoms with Crippen molar-refractivity contribution in [3.05, 3.63) is 52.2 Å². The molecule has 2 aromatic heterocycles. The number of nitrogens with one attached hydrogen (secondary N) is 2. The Morgan fingerprint density at radius 2 is 1.96 bits per heavy atom. The Balaban J connectivity index is 1.54. The number of hydrogen-bond acceptors (Lipinski definition) is 4. The van der Waals surface area contributed by atoms with Gasteiger partial charge in [0.05, 0.1) is 17.8 Å². The van der Waals surface area contributed by atoms with Crippen molar-refractivity contribution in [2.24, 2.45) is 0 Å². The molecular weight excluding hydrogens is 358 g/mol. The van der Waals surface area contributed by atoms with Gasteiger partial charge < -0.3 is 15.2 Å². The van der Waals surface area contributed by atoms with Crippen LogP contribution in [0.5, 0.6) is 0 Å². The summed E-state index contributed by atoms with van der Waals surface area (Å²) >= 11 is 0. The molecule has 1 aliphatic rings. The predicted molar refractivity (Wildman–Crippen MR) is 105 cm³/mol. The molecular formula is C20H27N5O3. The highest BCUT2D eigenvalue weighted by Gasteiger charge is 2.16. The minimum atomic E-state index is -0.303. The number of rotatable bonds is 7. The van der Waals surface area contributed by atoms with Crippen LogP contribution in [0.2, 0.25) is 0 Å². The minimum absolute atomic E-state index is 0.0803. The first-order valence-electron chi connectivity index (χ1n) is 9.79. The van der Waals surface area contributed by atoms with E-state index in [1.54, 1.807) is 4.68 Å². The molecule has 2 heterocycles. The fraction of sp³-hybridized carbons (Fsp3) is 0.500. The number of aryl methyl sites for hydroxylation is 1. The fourth-order valence-electron chi connectivity index (χ4n) is 3.44. The summed E-state index contributed by atoms with van der Waals surface area (Å²) in [5.74, 6) is -0.481. The van der Waals surface area contributed by atoms with Crippen LogP contribution in [0.15, 0.2) is 35.4 Å². The number of pyridine rings is 1. The summed E-state index contributed by atoms with van der Waals surface area (Å²) in [4.78, 5) is 36.7. The average molecular weight is 385 g/mol. The van der Waals surface area contributed by atoms with Gasteiger partial charge in [0.25, 0.3) is 11.5 Å². The van der Waals surface area contributed by atoms with E-state index in [1.807, 2.05) is 19.2 Å². The first kappa shape index (κ1) is 19.9. The van der Waals surface area contributed by atoms with Gasteiger partial charge in [0.15, 0.2) is 0 Å². The number of carbonyl (C=O) groups is 2. The zero-order valence-corrected chi connectivity index (χ0v) is 16.2. The SMILES string of the molecule is Cc1ccn(CCNC(=O)c2ccc(=O)n(CC(=O)NC3CCCCC3)c2)n1. The Kier molecular flexibility index (Phi) is 6.62. The van der Waals surface area contributed by atoms with Crippen LogP contribution in [0.3, 0.4) is 0 Å².